The van der Waals surface area contributed by atoms with Crippen LogP contribution in [0.15, 0.2) is 215 Å². The number of rotatable bonds is 6. The Bertz CT molecular complexity index is 4600. The van der Waals surface area contributed by atoms with Crippen LogP contribution in [-0.4, -0.2) is 24.1 Å². The first-order valence-electron chi connectivity index (χ1n) is 24.3. The van der Waals surface area contributed by atoms with E-state index in [1.165, 1.54) is 28.1 Å². The highest BCUT2D eigenvalue weighted by Gasteiger charge is 2.43. The molecule has 0 amide bonds. The van der Waals surface area contributed by atoms with Gasteiger partial charge in [-0.2, -0.15) is 9.97 Å². The lowest BCUT2D eigenvalue weighted by Gasteiger charge is -2.15. The van der Waals surface area contributed by atoms with Gasteiger partial charge in [0.25, 0.3) is 0 Å². The van der Waals surface area contributed by atoms with E-state index in [0.29, 0.717) is 29.4 Å². The fraction of sp³-hybridized carbons (Fsp3) is 0.0469. The second-order valence-corrected chi connectivity index (χ2v) is 19.1. The van der Waals surface area contributed by atoms with E-state index in [1.54, 1.807) is 0 Å². The van der Waals surface area contributed by atoms with E-state index in [2.05, 4.69) is 191 Å². The molecule has 0 bridgehead atoms. The van der Waals surface area contributed by atoms with Crippen molar-refractivity contribution in [2.24, 2.45) is 5.92 Å². The molecule has 9 aromatic carbocycles. The van der Waals surface area contributed by atoms with E-state index in [9.17, 15) is 0 Å². The van der Waals surface area contributed by atoms with Crippen molar-refractivity contribution in [2.75, 3.05) is 0 Å². The van der Waals surface area contributed by atoms with E-state index in [1.807, 2.05) is 30.3 Å². The van der Waals surface area contributed by atoms with Crippen molar-refractivity contribution in [3.63, 3.8) is 0 Å². The molecular weight excluding hydrogens is 871 g/mol. The van der Waals surface area contributed by atoms with E-state index in [-0.39, 0.29) is 0 Å². The van der Waals surface area contributed by atoms with E-state index in [0.717, 1.165) is 105 Å². The van der Waals surface area contributed by atoms with Gasteiger partial charge in [0.1, 0.15) is 22.3 Å². The summed E-state index contributed by atoms with van der Waals surface area (Å²) < 4.78 is 17.6. The van der Waals surface area contributed by atoms with Crippen molar-refractivity contribution in [3.05, 3.63) is 218 Å². The molecule has 7 nitrogen and oxygen atoms in total. The molecule has 5 aromatic heterocycles. The molecule has 7 heteroatoms. The molecular formula is C64H39N5O2. The summed E-state index contributed by atoms with van der Waals surface area (Å²) in [7, 11) is 0. The zero-order chi connectivity index (χ0) is 46.3. The van der Waals surface area contributed by atoms with Gasteiger partial charge in [0, 0.05) is 65.6 Å². The lowest BCUT2D eigenvalue weighted by Crippen LogP contribution is -2.08. The van der Waals surface area contributed by atoms with Crippen LogP contribution in [0, 0.1) is 5.92 Å². The van der Waals surface area contributed by atoms with Crippen molar-refractivity contribution < 1.29 is 8.83 Å². The van der Waals surface area contributed by atoms with Crippen LogP contribution in [0.4, 0.5) is 0 Å². The Hall–Kier alpha value is -9.33. The van der Waals surface area contributed by atoms with Crippen molar-refractivity contribution in [2.45, 2.75) is 12.3 Å². The average molecular weight is 910 g/mol. The molecule has 5 heterocycles. The summed E-state index contributed by atoms with van der Waals surface area (Å²) in [4.78, 5) is 16.1. The SMILES string of the molecule is C1=CC2CC2c2c1n(-c1nc(-c3cccc(-n4c5ccccc5c5cccc(-c6cccc(-c7cccc8c7oc7ccccc78)c6)c54)c3)nc(-c3ccc4c(c3)oc3ccccc34)n1)c1ccccc21. The second kappa shape index (κ2) is 14.6. The van der Waals surface area contributed by atoms with Gasteiger partial charge in [-0.1, -0.05) is 152 Å². The Balaban J connectivity index is 0.891. The van der Waals surface area contributed by atoms with Crippen LogP contribution in [0.3, 0.4) is 0 Å². The minimum absolute atomic E-state index is 0.513. The third kappa shape index (κ3) is 5.74. The standard InChI is InChI=1S/C64H39N5O2/c1-5-25-53-45(17-1)49-23-11-21-43(37-13-9-14-38(33-37)44-22-12-24-50-47-19-4-8-28-57(47)71-61(44)50)60(49)68(53)42-16-10-15-40(34-42)62-65-63(41-29-31-48-46-18-3-7-27-56(46)70-58(48)36-41)67-64(66-62)69-54-26-6-2-20-51(54)59-52-35-39(52)30-32-55(59)69/h1-34,36,39,52H,35H2. The number of fused-ring (bicyclic) bond motifs is 14. The van der Waals surface area contributed by atoms with Crippen LogP contribution in [0.25, 0.3) is 139 Å². The van der Waals surface area contributed by atoms with Gasteiger partial charge in [-0.15, -0.1) is 0 Å². The smallest absolute Gasteiger partial charge is 0.238 e. The molecule has 0 spiro atoms. The van der Waals surface area contributed by atoms with Gasteiger partial charge in [-0.25, -0.2) is 4.98 Å². The summed E-state index contributed by atoms with van der Waals surface area (Å²) in [6.45, 7) is 0. The summed E-state index contributed by atoms with van der Waals surface area (Å²) in [6, 6.07) is 70.7. The van der Waals surface area contributed by atoms with Gasteiger partial charge in [-0.3, -0.25) is 4.57 Å². The van der Waals surface area contributed by atoms with Crippen LogP contribution < -0.4 is 0 Å². The van der Waals surface area contributed by atoms with Crippen molar-refractivity contribution >= 4 is 82.7 Å². The van der Waals surface area contributed by atoms with E-state index < -0.39 is 0 Å². The van der Waals surface area contributed by atoms with Crippen LogP contribution in [0.1, 0.15) is 23.6 Å². The first-order valence-corrected chi connectivity index (χ1v) is 24.3. The number of para-hydroxylation sites is 6. The summed E-state index contributed by atoms with van der Waals surface area (Å²) >= 11 is 0. The number of hydrogen-bond acceptors (Lipinski definition) is 5. The Labute approximate surface area is 406 Å². The lowest BCUT2D eigenvalue weighted by molar-refractivity contribution is 0.669. The zero-order valence-corrected chi connectivity index (χ0v) is 38.1. The maximum Gasteiger partial charge on any atom is 0.238 e. The fourth-order valence-electron chi connectivity index (χ4n) is 11.7. The van der Waals surface area contributed by atoms with Gasteiger partial charge >= 0.3 is 0 Å². The summed E-state index contributed by atoms with van der Waals surface area (Å²) in [5.74, 6) is 2.84. The van der Waals surface area contributed by atoms with E-state index >= 15 is 0 Å². The molecule has 0 radical (unpaired) electrons. The molecule has 1 saturated carbocycles. The Kier molecular flexibility index (Phi) is 7.94. The second-order valence-electron chi connectivity index (χ2n) is 19.1. The first-order chi connectivity index (χ1) is 35.2. The number of allylic oxidation sites excluding steroid dienone is 1. The minimum atomic E-state index is 0.513. The van der Waals surface area contributed by atoms with Gasteiger partial charge < -0.3 is 13.4 Å². The largest absolute Gasteiger partial charge is 0.456 e. The highest BCUT2D eigenvalue weighted by Crippen LogP contribution is 2.56. The maximum atomic E-state index is 6.53. The molecule has 0 N–H and O–H groups in total. The molecule has 0 saturated heterocycles. The quantitative estimate of drug-likeness (QED) is 0.166. The number of nitrogens with zero attached hydrogens (tertiary/aromatic N) is 5. The van der Waals surface area contributed by atoms with Gasteiger partial charge in [0.2, 0.25) is 5.95 Å². The Morgan fingerprint density at radius 3 is 1.86 bits per heavy atom. The third-order valence-electron chi connectivity index (χ3n) is 15.1. The van der Waals surface area contributed by atoms with Gasteiger partial charge in [0.15, 0.2) is 11.6 Å². The molecule has 1 fully saturated rings. The van der Waals surface area contributed by atoms with Gasteiger partial charge in [-0.05, 0) is 95.6 Å². The van der Waals surface area contributed by atoms with Crippen LogP contribution in [-0.2, 0) is 0 Å². The highest BCUT2D eigenvalue weighted by atomic mass is 16.3. The monoisotopic (exact) mass is 909 g/mol. The molecule has 332 valence electrons. The van der Waals surface area contributed by atoms with E-state index in [4.69, 9.17) is 23.8 Å². The zero-order valence-electron chi connectivity index (χ0n) is 38.1. The third-order valence-corrected chi connectivity index (χ3v) is 15.1. The van der Waals surface area contributed by atoms with Crippen molar-refractivity contribution in [1.82, 2.24) is 24.1 Å². The minimum Gasteiger partial charge on any atom is -0.456 e. The fourth-order valence-corrected chi connectivity index (χ4v) is 11.7. The van der Waals surface area contributed by atoms with Crippen molar-refractivity contribution in [3.8, 4) is 56.7 Å². The number of hydrogen-bond donors (Lipinski definition) is 0. The molecule has 16 rings (SSSR count). The number of aromatic nitrogens is 5. The average Bonchev–Trinajstić information content (AvgIpc) is 3.66. The van der Waals surface area contributed by atoms with Crippen LogP contribution in [0.2, 0.25) is 0 Å². The highest BCUT2D eigenvalue weighted by molar-refractivity contribution is 6.14. The van der Waals surface area contributed by atoms with Crippen LogP contribution >= 0.6 is 0 Å². The Morgan fingerprint density at radius 2 is 1.03 bits per heavy atom. The summed E-state index contributed by atoms with van der Waals surface area (Å²) in [5.41, 5.74) is 16.4. The number of furan rings is 2. The van der Waals surface area contributed by atoms with Gasteiger partial charge in [0.05, 0.1) is 22.2 Å². The first kappa shape index (κ1) is 38.6. The molecule has 2 aliphatic carbocycles. The summed E-state index contributed by atoms with van der Waals surface area (Å²) in [6.07, 6.45) is 5.81. The molecule has 2 aliphatic rings. The maximum absolute atomic E-state index is 6.53. The molecule has 2 atom stereocenters. The van der Waals surface area contributed by atoms with Crippen molar-refractivity contribution in [1.29, 1.82) is 0 Å². The molecule has 0 aliphatic heterocycles. The Morgan fingerprint density at radius 1 is 0.423 bits per heavy atom. The number of benzene rings is 9. The topological polar surface area (TPSA) is 74.8 Å². The predicted molar refractivity (Wildman–Crippen MR) is 287 cm³/mol. The summed E-state index contributed by atoms with van der Waals surface area (Å²) in [5, 5.41) is 7.99. The predicted octanol–water partition coefficient (Wildman–Crippen LogP) is 16.5. The lowest BCUT2D eigenvalue weighted by atomic mass is 9.96. The normalized spacial score (nSPS) is 15.2. The molecule has 71 heavy (non-hydrogen) atoms. The molecule has 2 unspecified atom stereocenters. The van der Waals surface area contributed by atoms with Crippen LogP contribution in [0.5, 0.6) is 0 Å². The molecule has 14 aromatic rings.